The first-order valence-electron chi connectivity index (χ1n) is 12.6. The molecule has 0 saturated heterocycles. The summed E-state index contributed by atoms with van der Waals surface area (Å²) in [4.78, 5) is 38.1. The summed E-state index contributed by atoms with van der Waals surface area (Å²) in [5.41, 5.74) is 3.85. The molecule has 1 unspecified atom stereocenters. The van der Waals surface area contributed by atoms with Gasteiger partial charge in [0.25, 0.3) is 5.91 Å². The van der Waals surface area contributed by atoms with Crippen LogP contribution in [0.4, 0.5) is 5.13 Å². The monoisotopic (exact) mass is 518 g/mol. The summed E-state index contributed by atoms with van der Waals surface area (Å²) >= 11 is 1.35. The van der Waals surface area contributed by atoms with Crippen molar-refractivity contribution in [3.63, 3.8) is 0 Å². The molecule has 192 valence electrons. The molecule has 5 rings (SSSR count). The Morgan fingerprint density at radius 1 is 1.14 bits per heavy atom. The van der Waals surface area contributed by atoms with Gasteiger partial charge in [-0.3, -0.25) is 20.0 Å². The van der Waals surface area contributed by atoms with Crippen molar-refractivity contribution in [1.82, 2.24) is 14.9 Å². The molecular weight excluding hydrogens is 488 g/mol. The van der Waals surface area contributed by atoms with E-state index in [1.54, 1.807) is 6.92 Å². The van der Waals surface area contributed by atoms with Gasteiger partial charge in [0.05, 0.1) is 27.9 Å². The van der Waals surface area contributed by atoms with Crippen molar-refractivity contribution in [3.05, 3.63) is 59.3 Å². The molecule has 0 aliphatic carbocycles. The van der Waals surface area contributed by atoms with E-state index in [1.807, 2.05) is 49.4 Å². The zero-order valence-corrected chi connectivity index (χ0v) is 22.1. The van der Waals surface area contributed by atoms with Crippen molar-refractivity contribution in [1.29, 1.82) is 0 Å². The van der Waals surface area contributed by atoms with Crippen molar-refractivity contribution in [3.8, 4) is 5.75 Å². The molecule has 0 radical (unpaired) electrons. The Bertz CT molecular complexity index is 1470. The topological polar surface area (TPSA) is 93.7 Å². The second kappa shape index (κ2) is 10.8. The number of carbonyl (C=O) groups excluding carboxylic acids is 2. The SMILES string of the molecule is CCCN1CCc2nc3ccccc3c(C(=O)OC(C)C(=O)Nc3nc4ccc(OCC)cc4s3)c2C1. The van der Waals surface area contributed by atoms with Crippen LogP contribution in [0.1, 0.15) is 48.8 Å². The van der Waals surface area contributed by atoms with E-state index >= 15 is 0 Å². The first kappa shape index (κ1) is 25.1. The van der Waals surface area contributed by atoms with Gasteiger partial charge in [0.15, 0.2) is 11.2 Å². The highest BCUT2D eigenvalue weighted by Crippen LogP contribution is 2.31. The number of carbonyl (C=O) groups is 2. The number of amides is 1. The summed E-state index contributed by atoms with van der Waals surface area (Å²) < 4.78 is 12.2. The molecule has 0 bridgehead atoms. The van der Waals surface area contributed by atoms with E-state index in [9.17, 15) is 9.59 Å². The molecule has 1 aliphatic heterocycles. The van der Waals surface area contributed by atoms with Crippen LogP contribution in [0.3, 0.4) is 0 Å². The van der Waals surface area contributed by atoms with Crippen LogP contribution >= 0.6 is 11.3 Å². The van der Waals surface area contributed by atoms with E-state index in [0.29, 0.717) is 23.8 Å². The molecule has 1 atom stereocenters. The molecule has 8 nitrogen and oxygen atoms in total. The molecule has 1 amide bonds. The average Bonchev–Trinajstić information content (AvgIpc) is 3.29. The number of nitrogens with zero attached hydrogens (tertiary/aromatic N) is 3. The maximum absolute atomic E-state index is 13.5. The second-order valence-electron chi connectivity index (χ2n) is 9.07. The van der Waals surface area contributed by atoms with Crippen molar-refractivity contribution in [2.45, 2.75) is 46.3 Å². The minimum Gasteiger partial charge on any atom is -0.494 e. The smallest absolute Gasteiger partial charge is 0.339 e. The number of benzene rings is 2. The molecule has 1 N–H and O–H groups in total. The number of fused-ring (bicyclic) bond motifs is 3. The van der Waals surface area contributed by atoms with E-state index in [0.717, 1.165) is 64.1 Å². The normalized spacial score (nSPS) is 14.4. The van der Waals surface area contributed by atoms with Gasteiger partial charge >= 0.3 is 5.97 Å². The van der Waals surface area contributed by atoms with Crippen LogP contribution in [0.25, 0.3) is 21.1 Å². The molecule has 0 saturated carbocycles. The van der Waals surface area contributed by atoms with Gasteiger partial charge in [0.1, 0.15) is 5.75 Å². The third kappa shape index (κ3) is 5.28. The molecule has 0 fully saturated rings. The highest BCUT2D eigenvalue weighted by Gasteiger charge is 2.28. The van der Waals surface area contributed by atoms with Crippen molar-refractivity contribution < 1.29 is 19.1 Å². The summed E-state index contributed by atoms with van der Waals surface area (Å²) in [6.07, 6.45) is 0.807. The minimum absolute atomic E-state index is 0.433. The number of thiazole rings is 1. The summed E-state index contributed by atoms with van der Waals surface area (Å²) in [6.45, 7) is 8.73. The first-order chi connectivity index (χ1) is 18.0. The molecule has 1 aliphatic rings. The van der Waals surface area contributed by atoms with E-state index in [1.165, 1.54) is 11.3 Å². The Morgan fingerprint density at radius 2 is 1.97 bits per heavy atom. The summed E-state index contributed by atoms with van der Waals surface area (Å²) in [7, 11) is 0. The Labute approximate surface area is 219 Å². The molecule has 37 heavy (non-hydrogen) atoms. The molecule has 2 aromatic heterocycles. The Hall–Kier alpha value is -3.56. The van der Waals surface area contributed by atoms with E-state index in [-0.39, 0.29) is 0 Å². The largest absolute Gasteiger partial charge is 0.494 e. The van der Waals surface area contributed by atoms with Crippen LogP contribution in [0, 0.1) is 0 Å². The fraction of sp³-hybridized carbons (Fsp3) is 0.357. The van der Waals surface area contributed by atoms with Crippen LogP contribution in [-0.4, -0.2) is 52.5 Å². The summed E-state index contributed by atoms with van der Waals surface area (Å²) in [6, 6.07) is 13.2. The maximum atomic E-state index is 13.5. The molecule has 0 spiro atoms. The number of hydrogen-bond donors (Lipinski definition) is 1. The summed E-state index contributed by atoms with van der Waals surface area (Å²) in [5, 5.41) is 3.98. The van der Waals surface area contributed by atoms with Crippen molar-refractivity contribution in [2.75, 3.05) is 25.0 Å². The standard InChI is InChI=1S/C28H30N4O4S/c1-4-13-32-14-12-22-20(16-32)25(19-8-6-7-9-21(19)29-22)27(34)36-17(3)26(33)31-28-30-23-11-10-18(35-5-2)15-24(23)37-28/h6-11,15,17H,4-5,12-14,16H2,1-3H3,(H,30,31,33). The van der Waals surface area contributed by atoms with Crippen LogP contribution in [0.15, 0.2) is 42.5 Å². The average molecular weight is 519 g/mol. The number of pyridine rings is 1. The number of nitrogens with one attached hydrogen (secondary N) is 1. The lowest BCUT2D eigenvalue weighted by Gasteiger charge is -2.29. The molecule has 3 heterocycles. The van der Waals surface area contributed by atoms with Gasteiger partial charge in [0.2, 0.25) is 0 Å². The predicted molar refractivity (Wildman–Crippen MR) is 145 cm³/mol. The molecule has 4 aromatic rings. The van der Waals surface area contributed by atoms with Gasteiger partial charge in [-0.25, -0.2) is 9.78 Å². The lowest BCUT2D eigenvalue weighted by molar-refractivity contribution is -0.123. The van der Waals surface area contributed by atoms with E-state index in [4.69, 9.17) is 14.5 Å². The lowest BCUT2D eigenvalue weighted by atomic mass is 9.95. The third-order valence-electron chi connectivity index (χ3n) is 6.42. The number of anilines is 1. The molecule has 9 heteroatoms. The van der Waals surface area contributed by atoms with Gasteiger partial charge in [-0.05, 0) is 51.1 Å². The van der Waals surface area contributed by atoms with Crippen LogP contribution in [0.2, 0.25) is 0 Å². The lowest BCUT2D eigenvalue weighted by Crippen LogP contribution is -2.34. The number of hydrogen-bond acceptors (Lipinski definition) is 8. The first-order valence-corrected chi connectivity index (χ1v) is 13.5. The van der Waals surface area contributed by atoms with Crippen LogP contribution < -0.4 is 10.1 Å². The van der Waals surface area contributed by atoms with Crippen LogP contribution in [0.5, 0.6) is 5.75 Å². The third-order valence-corrected chi connectivity index (χ3v) is 7.36. The van der Waals surface area contributed by atoms with E-state index in [2.05, 4.69) is 22.1 Å². The fourth-order valence-electron chi connectivity index (χ4n) is 4.68. The molecular formula is C28H30N4O4S. The maximum Gasteiger partial charge on any atom is 0.339 e. The van der Waals surface area contributed by atoms with Gasteiger partial charge in [-0.1, -0.05) is 36.5 Å². The Morgan fingerprint density at radius 3 is 2.78 bits per heavy atom. The zero-order valence-electron chi connectivity index (χ0n) is 21.2. The Kier molecular flexibility index (Phi) is 7.34. The quantitative estimate of drug-likeness (QED) is 0.321. The van der Waals surface area contributed by atoms with Crippen molar-refractivity contribution in [2.24, 2.45) is 0 Å². The zero-order chi connectivity index (χ0) is 25.9. The second-order valence-corrected chi connectivity index (χ2v) is 10.1. The fourth-order valence-corrected chi connectivity index (χ4v) is 5.58. The van der Waals surface area contributed by atoms with Gasteiger partial charge in [-0.2, -0.15) is 0 Å². The number of aromatic nitrogens is 2. The van der Waals surface area contributed by atoms with Gasteiger partial charge in [0, 0.05) is 36.2 Å². The summed E-state index contributed by atoms with van der Waals surface area (Å²) in [5.74, 6) is -0.192. The van der Waals surface area contributed by atoms with Crippen molar-refractivity contribution >= 4 is 49.5 Å². The Balaban J connectivity index is 1.36. The highest BCUT2D eigenvalue weighted by atomic mass is 32.1. The molecule has 2 aromatic carbocycles. The number of rotatable bonds is 8. The number of para-hydroxylation sites is 1. The van der Waals surface area contributed by atoms with E-state index < -0.39 is 18.0 Å². The van der Waals surface area contributed by atoms with Gasteiger partial charge < -0.3 is 9.47 Å². The predicted octanol–water partition coefficient (Wildman–Crippen LogP) is 5.20. The van der Waals surface area contributed by atoms with Gasteiger partial charge in [-0.15, -0.1) is 0 Å². The number of ether oxygens (including phenoxy) is 2. The minimum atomic E-state index is -1.00. The van der Waals surface area contributed by atoms with Crippen LogP contribution in [-0.2, 0) is 22.5 Å². The highest BCUT2D eigenvalue weighted by molar-refractivity contribution is 7.22. The number of esters is 1.